The van der Waals surface area contributed by atoms with Crippen molar-refractivity contribution in [3.63, 3.8) is 0 Å². The first-order chi connectivity index (χ1) is 14.1. The molecule has 0 bridgehead atoms. The minimum Gasteiger partial charge on any atom is -0.493 e. The van der Waals surface area contributed by atoms with Crippen LogP contribution >= 0.6 is 0 Å². The molecule has 2 atom stereocenters. The van der Waals surface area contributed by atoms with Gasteiger partial charge >= 0.3 is 0 Å². The monoisotopic (exact) mass is 391 g/mol. The Morgan fingerprint density at radius 3 is 2.48 bits per heavy atom. The highest BCUT2D eigenvalue weighted by Gasteiger charge is 2.38. The van der Waals surface area contributed by atoms with Gasteiger partial charge in [0.15, 0.2) is 17.3 Å². The smallest absolute Gasteiger partial charge is 0.225 e. The fourth-order valence-corrected chi connectivity index (χ4v) is 4.38. The van der Waals surface area contributed by atoms with Crippen LogP contribution in [0, 0.1) is 0 Å². The number of hydrogen-bond donors (Lipinski definition) is 1. The van der Waals surface area contributed by atoms with Crippen molar-refractivity contribution < 1.29 is 19.1 Å². The zero-order valence-corrected chi connectivity index (χ0v) is 16.7. The van der Waals surface area contributed by atoms with Crippen molar-refractivity contribution in [1.82, 2.24) is 5.32 Å². The van der Waals surface area contributed by atoms with Crippen molar-refractivity contribution in [1.29, 1.82) is 0 Å². The molecule has 5 nitrogen and oxygen atoms in total. The number of amides is 1. The van der Waals surface area contributed by atoms with Gasteiger partial charge in [-0.25, -0.2) is 0 Å². The summed E-state index contributed by atoms with van der Waals surface area (Å²) in [4.78, 5) is 25.5. The highest BCUT2D eigenvalue weighted by molar-refractivity contribution is 6.02. The Bertz CT molecular complexity index is 964. The van der Waals surface area contributed by atoms with Gasteiger partial charge in [-0.2, -0.15) is 0 Å². The number of ether oxygens (including phenoxy) is 2. The number of carbonyl (C=O) groups is 2. The van der Waals surface area contributed by atoms with Crippen molar-refractivity contribution in [2.24, 2.45) is 0 Å². The van der Waals surface area contributed by atoms with Crippen LogP contribution in [0.25, 0.3) is 0 Å². The van der Waals surface area contributed by atoms with E-state index in [4.69, 9.17) is 9.47 Å². The van der Waals surface area contributed by atoms with Gasteiger partial charge in [0.2, 0.25) is 5.91 Å². The summed E-state index contributed by atoms with van der Waals surface area (Å²) >= 11 is 0. The molecule has 0 spiro atoms. The summed E-state index contributed by atoms with van der Waals surface area (Å²) in [5, 5.41) is 2.97. The summed E-state index contributed by atoms with van der Waals surface area (Å²) in [7, 11) is 1.61. The second kappa shape index (κ2) is 8.11. The van der Waals surface area contributed by atoms with Gasteiger partial charge in [-0.1, -0.05) is 36.4 Å². The van der Waals surface area contributed by atoms with Gasteiger partial charge in [0.25, 0.3) is 0 Å². The number of rotatable bonds is 5. The Morgan fingerprint density at radius 2 is 1.76 bits per heavy atom. The molecule has 5 heteroatoms. The van der Waals surface area contributed by atoms with Crippen LogP contribution < -0.4 is 14.8 Å². The van der Waals surface area contributed by atoms with Crippen LogP contribution in [0.1, 0.15) is 49.1 Å². The molecule has 2 aromatic rings. The van der Waals surface area contributed by atoms with Crippen molar-refractivity contribution in [2.75, 3.05) is 13.7 Å². The zero-order chi connectivity index (χ0) is 20.4. The molecule has 2 aliphatic rings. The molecule has 0 fully saturated rings. The Labute approximate surface area is 170 Å². The first kappa shape index (κ1) is 19.2. The molecule has 150 valence electrons. The fraction of sp³-hybridized carbons (Fsp3) is 0.333. The molecule has 0 saturated carbocycles. The minimum absolute atomic E-state index is 0.000602. The highest BCUT2D eigenvalue weighted by atomic mass is 16.5. The number of Topliss-reactive ketones (excluding diaryl/α,β-unsaturated/α-hetero) is 1. The number of benzene rings is 2. The van der Waals surface area contributed by atoms with Gasteiger partial charge in [0.1, 0.15) is 0 Å². The first-order valence-corrected chi connectivity index (χ1v) is 10.0. The third-order valence-electron chi connectivity index (χ3n) is 5.70. The van der Waals surface area contributed by atoms with Crippen LogP contribution in [-0.2, 0) is 9.59 Å². The molecule has 0 aromatic heterocycles. The maximum absolute atomic E-state index is 13.2. The molecule has 2 unspecified atom stereocenters. The second-order valence-electron chi connectivity index (χ2n) is 7.48. The predicted molar refractivity (Wildman–Crippen MR) is 110 cm³/mol. The molecule has 1 aliphatic heterocycles. The lowest BCUT2D eigenvalue weighted by atomic mass is 9.73. The van der Waals surface area contributed by atoms with Gasteiger partial charge in [0, 0.05) is 30.0 Å². The van der Waals surface area contributed by atoms with Crippen molar-refractivity contribution in [3.05, 3.63) is 70.9 Å². The first-order valence-electron chi connectivity index (χ1n) is 10.0. The van der Waals surface area contributed by atoms with E-state index in [-0.39, 0.29) is 23.5 Å². The lowest BCUT2D eigenvalue weighted by Crippen LogP contribution is -2.38. The molecule has 1 N–H and O–H groups in total. The summed E-state index contributed by atoms with van der Waals surface area (Å²) in [5.41, 5.74) is 3.57. The van der Waals surface area contributed by atoms with E-state index in [1.807, 2.05) is 55.5 Å². The van der Waals surface area contributed by atoms with Crippen molar-refractivity contribution in [2.45, 2.75) is 38.0 Å². The molecular formula is C24H25NO4. The van der Waals surface area contributed by atoms with Gasteiger partial charge in [-0.05, 0) is 42.5 Å². The third-order valence-corrected chi connectivity index (χ3v) is 5.70. The molecule has 0 saturated heterocycles. The summed E-state index contributed by atoms with van der Waals surface area (Å²) in [6.07, 6.45) is 1.37. The summed E-state index contributed by atoms with van der Waals surface area (Å²) in [6, 6.07) is 15.6. The van der Waals surface area contributed by atoms with Gasteiger partial charge in [0.05, 0.1) is 13.7 Å². The Hall–Kier alpha value is -3.08. The third kappa shape index (κ3) is 3.77. The highest BCUT2D eigenvalue weighted by Crippen LogP contribution is 2.43. The standard InChI is InChI=1S/C24H25NO4/c1-3-29-21-10-9-16(13-22(21)28-2)17-11-19-24(20(26)12-17)18(14-23(27)25-19)15-7-5-4-6-8-15/h4-10,13,17-18H,3,11-12,14H2,1-2H3,(H,25,27). The fourth-order valence-electron chi connectivity index (χ4n) is 4.38. The average molecular weight is 391 g/mol. The van der Waals surface area contributed by atoms with E-state index in [0.29, 0.717) is 37.4 Å². The van der Waals surface area contributed by atoms with E-state index in [0.717, 1.165) is 22.4 Å². The van der Waals surface area contributed by atoms with Gasteiger partial charge < -0.3 is 14.8 Å². The molecule has 29 heavy (non-hydrogen) atoms. The van der Waals surface area contributed by atoms with Crippen LogP contribution in [0.5, 0.6) is 11.5 Å². The topological polar surface area (TPSA) is 64.6 Å². The Balaban J connectivity index is 1.67. The van der Waals surface area contributed by atoms with E-state index < -0.39 is 0 Å². The molecule has 1 amide bonds. The van der Waals surface area contributed by atoms with Gasteiger partial charge in [-0.3, -0.25) is 9.59 Å². The second-order valence-corrected chi connectivity index (χ2v) is 7.48. The van der Waals surface area contributed by atoms with E-state index in [1.165, 1.54) is 0 Å². The maximum Gasteiger partial charge on any atom is 0.225 e. The number of hydrogen-bond acceptors (Lipinski definition) is 4. The molecule has 1 aliphatic carbocycles. The predicted octanol–water partition coefficient (Wildman–Crippen LogP) is 4.10. The number of allylic oxidation sites excluding steroid dienone is 2. The normalized spacial score (nSPS) is 21.4. The molecule has 0 radical (unpaired) electrons. The van der Waals surface area contributed by atoms with E-state index in [9.17, 15) is 9.59 Å². The van der Waals surface area contributed by atoms with Crippen LogP contribution in [-0.4, -0.2) is 25.4 Å². The van der Waals surface area contributed by atoms with E-state index in [1.54, 1.807) is 7.11 Å². The Morgan fingerprint density at radius 1 is 0.966 bits per heavy atom. The van der Waals surface area contributed by atoms with Crippen LogP contribution in [0.3, 0.4) is 0 Å². The average Bonchev–Trinajstić information content (AvgIpc) is 2.74. The lowest BCUT2D eigenvalue weighted by molar-refractivity contribution is -0.122. The summed E-state index contributed by atoms with van der Waals surface area (Å²) < 4.78 is 11.1. The molecule has 4 rings (SSSR count). The lowest BCUT2D eigenvalue weighted by Gasteiger charge is -2.34. The SMILES string of the molecule is CCOc1ccc(C2CC(=O)C3=C(C2)NC(=O)CC3c2ccccc2)cc1OC. The number of methoxy groups -OCH3 is 1. The van der Waals surface area contributed by atoms with E-state index >= 15 is 0 Å². The minimum atomic E-state index is -0.164. The number of carbonyl (C=O) groups excluding carboxylic acids is 2. The van der Waals surface area contributed by atoms with Crippen LogP contribution in [0.15, 0.2) is 59.8 Å². The molecular weight excluding hydrogens is 366 g/mol. The number of ketones is 1. The van der Waals surface area contributed by atoms with E-state index in [2.05, 4.69) is 5.32 Å². The molecule has 1 heterocycles. The Kier molecular flexibility index (Phi) is 5.38. The quantitative estimate of drug-likeness (QED) is 0.834. The van der Waals surface area contributed by atoms with Crippen molar-refractivity contribution >= 4 is 11.7 Å². The van der Waals surface area contributed by atoms with Crippen LogP contribution in [0.4, 0.5) is 0 Å². The van der Waals surface area contributed by atoms with Crippen molar-refractivity contribution in [3.8, 4) is 11.5 Å². The van der Waals surface area contributed by atoms with Crippen LogP contribution in [0.2, 0.25) is 0 Å². The molecule has 2 aromatic carbocycles. The maximum atomic E-state index is 13.2. The number of nitrogens with one attached hydrogen (secondary N) is 1. The largest absolute Gasteiger partial charge is 0.493 e. The summed E-state index contributed by atoms with van der Waals surface area (Å²) in [6.45, 7) is 2.48. The van der Waals surface area contributed by atoms with Gasteiger partial charge in [-0.15, -0.1) is 0 Å². The summed E-state index contributed by atoms with van der Waals surface area (Å²) in [5.74, 6) is 1.26. The zero-order valence-electron chi connectivity index (χ0n) is 16.7.